The van der Waals surface area contributed by atoms with Crippen molar-refractivity contribution in [1.29, 1.82) is 0 Å². The first-order valence-electron chi connectivity index (χ1n) is 5.79. The van der Waals surface area contributed by atoms with E-state index in [4.69, 9.17) is 5.11 Å². The molecule has 0 spiro atoms. The molecular formula is C13H14N2O3S. The predicted molar refractivity (Wildman–Crippen MR) is 74.2 cm³/mol. The van der Waals surface area contributed by atoms with Gasteiger partial charge in [-0.2, -0.15) is 0 Å². The Kier molecular flexibility index (Phi) is 4.01. The maximum atomic E-state index is 10.6. The van der Waals surface area contributed by atoms with Crippen molar-refractivity contribution in [1.82, 2.24) is 4.98 Å². The second-order valence-electron chi connectivity index (χ2n) is 4.06. The molecule has 0 aliphatic rings. The van der Waals surface area contributed by atoms with Gasteiger partial charge < -0.3 is 15.5 Å². The molecule has 0 fully saturated rings. The van der Waals surface area contributed by atoms with E-state index in [1.54, 1.807) is 18.2 Å². The van der Waals surface area contributed by atoms with E-state index in [2.05, 4.69) is 10.3 Å². The summed E-state index contributed by atoms with van der Waals surface area (Å²) in [6.45, 7) is 1.85. The van der Waals surface area contributed by atoms with E-state index in [1.807, 2.05) is 13.0 Å². The van der Waals surface area contributed by atoms with Crippen molar-refractivity contribution in [3.05, 3.63) is 34.8 Å². The summed E-state index contributed by atoms with van der Waals surface area (Å²) in [4.78, 5) is 15.8. The van der Waals surface area contributed by atoms with Gasteiger partial charge in [-0.25, -0.2) is 4.98 Å². The number of thiazole rings is 1. The number of phenols is 1. The number of hydrogen-bond acceptors (Lipinski definition) is 5. The van der Waals surface area contributed by atoms with Crippen LogP contribution in [0.2, 0.25) is 0 Å². The maximum absolute atomic E-state index is 10.6. The zero-order chi connectivity index (χ0) is 13.8. The number of para-hydroxylation sites is 2. The monoisotopic (exact) mass is 278 g/mol. The lowest BCUT2D eigenvalue weighted by atomic mass is 10.2. The number of carbonyl (C=O) groups is 1. The molecule has 0 unspecified atom stereocenters. The summed E-state index contributed by atoms with van der Waals surface area (Å²) in [5, 5.41) is 22.0. The maximum Gasteiger partial charge on any atom is 0.303 e. The van der Waals surface area contributed by atoms with Gasteiger partial charge in [-0.3, -0.25) is 4.79 Å². The lowest BCUT2D eigenvalue weighted by molar-refractivity contribution is -0.136. The Morgan fingerprint density at radius 1 is 1.42 bits per heavy atom. The SMILES string of the molecule is Cc1nc(Nc2ccccc2O)sc1CCC(=O)O. The number of aliphatic carboxylic acids is 1. The highest BCUT2D eigenvalue weighted by Gasteiger charge is 2.10. The number of carboxylic acid groups (broad SMARTS) is 1. The van der Waals surface area contributed by atoms with Crippen LogP contribution in [-0.2, 0) is 11.2 Å². The molecule has 0 saturated carbocycles. The molecule has 0 radical (unpaired) electrons. The number of aryl methyl sites for hydroxylation is 2. The third kappa shape index (κ3) is 3.45. The Hall–Kier alpha value is -2.08. The molecule has 2 rings (SSSR count). The summed E-state index contributed by atoms with van der Waals surface area (Å²) in [5.41, 5.74) is 1.41. The van der Waals surface area contributed by atoms with Crippen molar-refractivity contribution in [3.63, 3.8) is 0 Å². The third-order valence-corrected chi connectivity index (χ3v) is 3.74. The van der Waals surface area contributed by atoms with E-state index in [0.29, 0.717) is 17.2 Å². The number of aromatic nitrogens is 1. The fourth-order valence-corrected chi connectivity index (χ4v) is 2.60. The summed E-state index contributed by atoms with van der Waals surface area (Å²) >= 11 is 1.41. The number of benzene rings is 1. The van der Waals surface area contributed by atoms with E-state index < -0.39 is 5.97 Å². The van der Waals surface area contributed by atoms with Crippen LogP contribution in [0.4, 0.5) is 10.8 Å². The van der Waals surface area contributed by atoms with Crippen molar-refractivity contribution in [2.24, 2.45) is 0 Å². The summed E-state index contributed by atoms with van der Waals surface area (Å²) in [7, 11) is 0. The van der Waals surface area contributed by atoms with Crippen LogP contribution in [-0.4, -0.2) is 21.2 Å². The smallest absolute Gasteiger partial charge is 0.303 e. The van der Waals surface area contributed by atoms with Gasteiger partial charge in [0.1, 0.15) is 5.75 Å². The average Bonchev–Trinajstić information content (AvgIpc) is 2.70. The van der Waals surface area contributed by atoms with E-state index in [1.165, 1.54) is 11.3 Å². The molecule has 1 aromatic carbocycles. The first kappa shape index (κ1) is 13.4. The molecule has 2 aromatic rings. The average molecular weight is 278 g/mol. The fourth-order valence-electron chi connectivity index (χ4n) is 1.63. The van der Waals surface area contributed by atoms with Gasteiger partial charge in [0.2, 0.25) is 0 Å². The van der Waals surface area contributed by atoms with Gasteiger partial charge in [-0.1, -0.05) is 12.1 Å². The largest absolute Gasteiger partial charge is 0.506 e. The second-order valence-corrected chi connectivity index (χ2v) is 5.15. The van der Waals surface area contributed by atoms with Crippen LogP contribution in [0, 0.1) is 6.92 Å². The molecule has 6 heteroatoms. The Balaban J connectivity index is 2.12. The van der Waals surface area contributed by atoms with Gasteiger partial charge in [0.15, 0.2) is 5.13 Å². The number of nitrogens with one attached hydrogen (secondary N) is 1. The molecule has 1 heterocycles. The van der Waals surface area contributed by atoms with Crippen molar-refractivity contribution >= 4 is 28.1 Å². The van der Waals surface area contributed by atoms with E-state index >= 15 is 0 Å². The van der Waals surface area contributed by atoms with Crippen LogP contribution < -0.4 is 5.32 Å². The van der Waals surface area contributed by atoms with Gasteiger partial charge in [0.25, 0.3) is 0 Å². The number of anilines is 2. The van der Waals surface area contributed by atoms with E-state index in [-0.39, 0.29) is 12.2 Å². The van der Waals surface area contributed by atoms with Crippen LogP contribution in [0.3, 0.4) is 0 Å². The molecule has 1 aromatic heterocycles. The molecular weight excluding hydrogens is 264 g/mol. The van der Waals surface area contributed by atoms with Crippen molar-refractivity contribution in [3.8, 4) is 5.75 Å². The van der Waals surface area contributed by atoms with Crippen LogP contribution in [0.15, 0.2) is 24.3 Å². The lowest BCUT2D eigenvalue weighted by Gasteiger charge is -2.03. The highest BCUT2D eigenvalue weighted by Crippen LogP contribution is 2.30. The van der Waals surface area contributed by atoms with Gasteiger partial charge in [-0.05, 0) is 25.5 Å². The minimum atomic E-state index is -0.817. The Morgan fingerprint density at radius 2 is 2.16 bits per heavy atom. The number of nitrogens with zero attached hydrogens (tertiary/aromatic N) is 1. The highest BCUT2D eigenvalue weighted by atomic mass is 32.1. The van der Waals surface area contributed by atoms with Gasteiger partial charge >= 0.3 is 5.97 Å². The molecule has 0 amide bonds. The minimum Gasteiger partial charge on any atom is -0.506 e. The normalized spacial score (nSPS) is 10.4. The second kappa shape index (κ2) is 5.71. The van der Waals surface area contributed by atoms with Crippen LogP contribution >= 0.6 is 11.3 Å². The lowest BCUT2D eigenvalue weighted by Crippen LogP contribution is -1.96. The Bertz CT molecular complexity index is 595. The van der Waals surface area contributed by atoms with Crippen molar-refractivity contribution in [2.45, 2.75) is 19.8 Å². The first-order valence-corrected chi connectivity index (χ1v) is 6.61. The molecule has 100 valence electrons. The standard InChI is InChI=1S/C13H14N2O3S/c1-8-11(6-7-12(17)18)19-13(14-8)15-9-4-2-3-5-10(9)16/h2-5,16H,6-7H2,1H3,(H,14,15)(H,17,18). The molecule has 0 saturated heterocycles. The zero-order valence-corrected chi connectivity index (χ0v) is 11.2. The number of aromatic hydroxyl groups is 1. The number of carboxylic acids is 1. The molecule has 0 aliphatic heterocycles. The minimum absolute atomic E-state index is 0.0963. The summed E-state index contributed by atoms with van der Waals surface area (Å²) in [6.07, 6.45) is 0.570. The topological polar surface area (TPSA) is 82.5 Å². The Morgan fingerprint density at radius 3 is 2.84 bits per heavy atom. The van der Waals surface area contributed by atoms with Gasteiger partial charge in [0, 0.05) is 4.88 Å². The summed E-state index contributed by atoms with van der Waals surface area (Å²) in [5.74, 6) is -0.662. The molecule has 5 nitrogen and oxygen atoms in total. The number of rotatable bonds is 5. The predicted octanol–water partition coefficient (Wildman–Crippen LogP) is 2.92. The van der Waals surface area contributed by atoms with Gasteiger partial charge in [-0.15, -0.1) is 11.3 Å². The van der Waals surface area contributed by atoms with E-state index in [9.17, 15) is 9.90 Å². The van der Waals surface area contributed by atoms with E-state index in [0.717, 1.165) is 10.6 Å². The van der Waals surface area contributed by atoms with Gasteiger partial charge in [0.05, 0.1) is 17.8 Å². The summed E-state index contributed by atoms with van der Waals surface area (Å²) in [6, 6.07) is 6.90. The molecule has 19 heavy (non-hydrogen) atoms. The third-order valence-electron chi connectivity index (χ3n) is 2.60. The van der Waals surface area contributed by atoms with Crippen LogP contribution in [0.1, 0.15) is 17.0 Å². The molecule has 0 aliphatic carbocycles. The zero-order valence-electron chi connectivity index (χ0n) is 10.4. The van der Waals surface area contributed by atoms with Crippen LogP contribution in [0.25, 0.3) is 0 Å². The summed E-state index contributed by atoms with van der Waals surface area (Å²) < 4.78 is 0. The van der Waals surface area contributed by atoms with Crippen LogP contribution in [0.5, 0.6) is 5.75 Å². The van der Waals surface area contributed by atoms with Crippen molar-refractivity contribution < 1.29 is 15.0 Å². The van der Waals surface area contributed by atoms with Crippen molar-refractivity contribution in [2.75, 3.05) is 5.32 Å². The number of hydrogen-bond donors (Lipinski definition) is 3. The quantitative estimate of drug-likeness (QED) is 0.732. The molecule has 3 N–H and O–H groups in total. The Labute approximate surface area is 114 Å². The first-order chi connectivity index (χ1) is 9.06. The molecule has 0 atom stereocenters. The highest BCUT2D eigenvalue weighted by molar-refractivity contribution is 7.15. The fraction of sp³-hybridized carbons (Fsp3) is 0.231. The number of phenolic OH excluding ortho intramolecular Hbond substituents is 1. The molecule has 0 bridgehead atoms.